The van der Waals surface area contributed by atoms with Crippen LogP contribution in [0.2, 0.25) is 0 Å². The van der Waals surface area contributed by atoms with Gasteiger partial charge in [0.15, 0.2) is 0 Å². The number of carbonyl (C=O) groups excluding carboxylic acids is 1. The molecular weight excluding hydrogens is 258 g/mol. The van der Waals surface area contributed by atoms with Crippen molar-refractivity contribution in [3.63, 3.8) is 0 Å². The molecule has 0 bridgehead atoms. The molecule has 1 amide bonds. The number of hydrogen-bond donors (Lipinski definition) is 0. The average Bonchev–Trinajstić information content (AvgIpc) is 2.98. The minimum absolute atomic E-state index is 0.0774. The third-order valence-electron chi connectivity index (χ3n) is 3.37. The maximum atomic E-state index is 12.5. The van der Waals surface area contributed by atoms with E-state index in [0.717, 1.165) is 31.5 Å². The van der Waals surface area contributed by atoms with Crippen LogP contribution in [0.5, 0.6) is 0 Å². The fourth-order valence-electron chi connectivity index (χ4n) is 2.36. The lowest BCUT2D eigenvalue weighted by atomic mass is 10.1. The van der Waals surface area contributed by atoms with Crippen LogP contribution in [0.4, 0.5) is 0 Å². The molecule has 0 atom stereocenters. The Morgan fingerprint density at radius 2 is 1.84 bits per heavy atom. The molecule has 2 heterocycles. The quantitative estimate of drug-likeness (QED) is 0.845. The summed E-state index contributed by atoms with van der Waals surface area (Å²) in [4.78, 5) is 15.1. The Morgan fingerprint density at radius 3 is 2.58 bits per heavy atom. The van der Waals surface area contributed by atoms with Gasteiger partial charge in [-0.05, 0) is 30.8 Å². The molecular formula is C14H15N3OS. The summed E-state index contributed by atoms with van der Waals surface area (Å²) in [5.41, 5.74) is 1.66. The highest BCUT2D eigenvalue weighted by Gasteiger charge is 2.24. The highest BCUT2D eigenvalue weighted by atomic mass is 32.1. The lowest BCUT2D eigenvalue weighted by Crippen LogP contribution is -2.35. The molecule has 0 spiro atoms. The smallest absolute Gasteiger partial charge is 0.267 e. The van der Waals surface area contributed by atoms with Crippen LogP contribution in [-0.4, -0.2) is 33.5 Å². The Bertz CT molecular complexity index is 561. The van der Waals surface area contributed by atoms with Crippen LogP contribution in [0.15, 0.2) is 30.3 Å². The minimum Gasteiger partial charge on any atom is -0.338 e. The predicted molar refractivity (Wildman–Crippen MR) is 75.1 cm³/mol. The van der Waals surface area contributed by atoms with Gasteiger partial charge < -0.3 is 4.90 Å². The summed E-state index contributed by atoms with van der Waals surface area (Å²) < 4.78 is 3.96. The molecule has 1 fully saturated rings. The van der Waals surface area contributed by atoms with Crippen molar-refractivity contribution >= 4 is 17.4 Å². The summed E-state index contributed by atoms with van der Waals surface area (Å²) in [6.07, 6.45) is 3.41. The largest absolute Gasteiger partial charge is 0.338 e. The first-order valence-electron chi connectivity index (χ1n) is 6.53. The summed E-state index contributed by atoms with van der Waals surface area (Å²) in [7, 11) is 0. The van der Waals surface area contributed by atoms with Crippen molar-refractivity contribution in [3.8, 4) is 11.3 Å². The van der Waals surface area contributed by atoms with Gasteiger partial charge in [0.2, 0.25) is 0 Å². The number of hydrogen-bond acceptors (Lipinski definition) is 4. The molecule has 0 unspecified atom stereocenters. The van der Waals surface area contributed by atoms with Crippen molar-refractivity contribution in [3.05, 3.63) is 35.2 Å². The molecule has 98 valence electrons. The molecule has 1 saturated heterocycles. The molecule has 1 aliphatic heterocycles. The molecule has 19 heavy (non-hydrogen) atoms. The molecule has 0 aliphatic carbocycles. The predicted octanol–water partition coefficient (Wildman–Crippen LogP) is 2.83. The van der Waals surface area contributed by atoms with E-state index in [-0.39, 0.29) is 5.91 Å². The molecule has 1 aromatic heterocycles. The van der Waals surface area contributed by atoms with Crippen LogP contribution in [-0.2, 0) is 0 Å². The third-order valence-corrected chi connectivity index (χ3v) is 4.09. The van der Waals surface area contributed by atoms with Crippen LogP contribution >= 0.6 is 11.5 Å². The van der Waals surface area contributed by atoms with Crippen LogP contribution in [0.1, 0.15) is 28.9 Å². The van der Waals surface area contributed by atoms with Gasteiger partial charge in [-0.15, -0.1) is 5.10 Å². The summed E-state index contributed by atoms with van der Waals surface area (Å²) in [5.74, 6) is 0.0774. The number of nitrogens with zero attached hydrogens (tertiary/aromatic N) is 3. The molecule has 0 saturated carbocycles. The lowest BCUT2D eigenvalue weighted by molar-refractivity contribution is 0.0730. The highest BCUT2D eigenvalue weighted by molar-refractivity contribution is 7.08. The van der Waals surface area contributed by atoms with Crippen LogP contribution in [0, 0.1) is 0 Å². The standard InChI is InChI=1S/C14H15N3OS/c18-14(17-9-5-2-6-10-17)13-12(15-16-19-13)11-7-3-1-4-8-11/h1,3-4,7-8H,2,5-6,9-10H2. The number of likely N-dealkylation sites (tertiary alicyclic amines) is 1. The zero-order valence-corrected chi connectivity index (χ0v) is 11.4. The molecule has 5 heteroatoms. The molecule has 3 rings (SSSR count). The number of amides is 1. The van der Waals surface area contributed by atoms with Gasteiger partial charge in [0.1, 0.15) is 10.6 Å². The van der Waals surface area contributed by atoms with Crippen LogP contribution < -0.4 is 0 Å². The Hall–Kier alpha value is -1.75. The van der Waals surface area contributed by atoms with Gasteiger partial charge in [0.25, 0.3) is 5.91 Å². The third kappa shape index (κ3) is 2.51. The second-order valence-electron chi connectivity index (χ2n) is 4.67. The van der Waals surface area contributed by atoms with E-state index < -0.39 is 0 Å². The minimum atomic E-state index is 0.0774. The van der Waals surface area contributed by atoms with E-state index in [4.69, 9.17) is 0 Å². The van der Waals surface area contributed by atoms with Crippen molar-refractivity contribution in [2.45, 2.75) is 19.3 Å². The summed E-state index contributed by atoms with van der Waals surface area (Å²) in [6.45, 7) is 1.70. The average molecular weight is 273 g/mol. The van der Waals surface area contributed by atoms with E-state index in [0.29, 0.717) is 10.6 Å². The van der Waals surface area contributed by atoms with Gasteiger partial charge in [-0.25, -0.2) is 0 Å². The van der Waals surface area contributed by atoms with Crippen molar-refractivity contribution in [1.82, 2.24) is 14.5 Å². The highest BCUT2D eigenvalue weighted by Crippen LogP contribution is 2.25. The molecule has 0 N–H and O–H groups in total. The van der Waals surface area contributed by atoms with Crippen molar-refractivity contribution in [1.29, 1.82) is 0 Å². The lowest BCUT2D eigenvalue weighted by Gasteiger charge is -2.26. The van der Waals surface area contributed by atoms with E-state index in [9.17, 15) is 4.79 Å². The first-order valence-corrected chi connectivity index (χ1v) is 7.30. The Kier molecular flexibility index (Phi) is 3.55. The van der Waals surface area contributed by atoms with Crippen LogP contribution in [0.25, 0.3) is 11.3 Å². The van der Waals surface area contributed by atoms with Gasteiger partial charge in [0, 0.05) is 18.7 Å². The van der Waals surface area contributed by atoms with Crippen molar-refractivity contribution < 1.29 is 4.79 Å². The van der Waals surface area contributed by atoms with Gasteiger partial charge in [0.05, 0.1) is 0 Å². The Labute approximate surface area is 116 Å². The topological polar surface area (TPSA) is 46.1 Å². The maximum Gasteiger partial charge on any atom is 0.267 e. The molecule has 4 nitrogen and oxygen atoms in total. The maximum absolute atomic E-state index is 12.5. The number of benzene rings is 1. The summed E-state index contributed by atoms with van der Waals surface area (Å²) in [5, 5.41) is 4.12. The van der Waals surface area contributed by atoms with Crippen LogP contribution in [0.3, 0.4) is 0 Å². The molecule has 2 aromatic rings. The number of piperidine rings is 1. The van der Waals surface area contributed by atoms with Crippen molar-refractivity contribution in [2.24, 2.45) is 0 Å². The van der Waals surface area contributed by atoms with Gasteiger partial charge in [-0.3, -0.25) is 4.79 Å². The Morgan fingerprint density at radius 1 is 1.11 bits per heavy atom. The molecule has 1 aromatic carbocycles. The fraction of sp³-hybridized carbons (Fsp3) is 0.357. The van der Waals surface area contributed by atoms with E-state index in [1.165, 1.54) is 18.0 Å². The zero-order valence-electron chi connectivity index (χ0n) is 10.6. The fourth-order valence-corrected chi connectivity index (χ4v) is 3.01. The van der Waals surface area contributed by atoms with E-state index in [1.54, 1.807) is 0 Å². The second kappa shape index (κ2) is 5.48. The summed E-state index contributed by atoms with van der Waals surface area (Å²) in [6, 6.07) is 9.77. The SMILES string of the molecule is O=C(c1snnc1-c1ccccc1)N1CCCCC1. The molecule has 0 radical (unpaired) electrons. The van der Waals surface area contributed by atoms with E-state index in [2.05, 4.69) is 9.59 Å². The summed E-state index contributed by atoms with van der Waals surface area (Å²) >= 11 is 1.19. The monoisotopic (exact) mass is 273 g/mol. The van der Waals surface area contributed by atoms with Gasteiger partial charge in [-0.1, -0.05) is 34.8 Å². The van der Waals surface area contributed by atoms with Crippen molar-refractivity contribution in [2.75, 3.05) is 13.1 Å². The van der Waals surface area contributed by atoms with E-state index >= 15 is 0 Å². The zero-order chi connectivity index (χ0) is 13.1. The van der Waals surface area contributed by atoms with Gasteiger partial charge >= 0.3 is 0 Å². The normalized spacial score (nSPS) is 15.5. The number of aromatic nitrogens is 2. The first kappa shape index (κ1) is 12.3. The molecule has 1 aliphatic rings. The van der Waals surface area contributed by atoms with Gasteiger partial charge in [-0.2, -0.15) is 0 Å². The second-order valence-corrected chi connectivity index (χ2v) is 5.42. The number of carbonyl (C=O) groups is 1. The first-order chi connectivity index (χ1) is 9.36. The van der Waals surface area contributed by atoms with E-state index in [1.807, 2.05) is 35.2 Å². The Balaban J connectivity index is 1.89. The number of rotatable bonds is 2.